The minimum Gasteiger partial charge on any atom is -0.485 e. The van der Waals surface area contributed by atoms with Gasteiger partial charge in [-0.3, -0.25) is 0 Å². The number of hydrogen-bond acceptors (Lipinski definition) is 6. The van der Waals surface area contributed by atoms with E-state index in [2.05, 4.69) is 10.6 Å². The molecule has 0 spiro atoms. The van der Waals surface area contributed by atoms with Gasteiger partial charge in [0.05, 0.1) is 11.7 Å². The Bertz CT molecular complexity index is 1070. The van der Waals surface area contributed by atoms with Crippen molar-refractivity contribution in [3.8, 4) is 17.2 Å². The lowest BCUT2D eigenvalue weighted by Crippen LogP contribution is -2.43. The fraction of sp³-hybridized carbons (Fsp3) is 0.321. The third-order valence-electron chi connectivity index (χ3n) is 4.93. The van der Waals surface area contributed by atoms with Crippen molar-refractivity contribution in [2.24, 2.45) is 0 Å². The Labute approximate surface area is 207 Å². The van der Waals surface area contributed by atoms with Crippen LogP contribution in [0, 0.1) is 0 Å². The molecule has 0 aliphatic rings. The summed E-state index contributed by atoms with van der Waals surface area (Å²) in [7, 11) is 0. The van der Waals surface area contributed by atoms with E-state index in [4.69, 9.17) is 14.2 Å². The maximum atomic E-state index is 12.2. The summed E-state index contributed by atoms with van der Waals surface area (Å²) < 4.78 is 17.6. The van der Waals surface area contributed by atoms with Gasteiger partial charge >= 0.3 is 6.09 Å². The second kappa shape index (κ2) is 12.7. The molecule has 3 rings (SSSR count). The highest BCUT2D eigenvalue weighted by Crippen LogP contribution is 2.35. The van der Waals surface area contributed by atoms with Crippen LogP contribution in [0.4, 0.5) is 10.5 Å². The summed E-state index contributed by atoms with van der Waals surface area (Å²) in [5.74, 6) is 1.84. The predicted molar refractivity (Wildman–Crippen MR) is 137 cm³/mol. The molecule has 186 valence electrons. The Hall–Kier alpha value is -3.71. The van der Waals surface area contributed by atoms with Gasteiger partial charge in [-0.15, -0.1) is 0 Å². The van der Waals surface area contributed by atoms with Gasteiger partial charge in [-0.2, -0.15) is 0 Å². The molecule has 0 heterocycles. The molecule has 0 unspecified atom stereocenters. The van der Waals surface area contributed by atoms with E-state index in [9.17, 15) is 9.90 Å². The fourth-order valence-electron chi connectivity index (χ4n) is 3.30. The third kappa shape index (κ3) is 8.87. The van der Waals surface area contributed by atoms with Crippen LogP contribution in [0.5, 0.6) is 17.2 Å². The molecule has 0 saturated heterocycles. The molecule has 7 heteroatoms. The van der Waals surface area contributed by atoms with Crippen molar-refractivity contribution < 1.29 is 24.1 Å². The molecular weight excluding hydrogens is 444 g/mol. The zero-order valence-corrected chi connectivity index (χ0v) is 20.5. The van der Waals surface area contributed by atoms with E-state index in [-0.39, 0.29) is 12.6 Å². The Balaban J connectivity index is 1.66. The summed E-state index contributed by atoms with van der Waals surface area (Å²) in [5, 5.41) is 15.6. The number of benzene rings is 3. The summed E-state index contributed by atoms with van der Waals surface area (Å²) in [4.78, 5) is 12.2. The lowest BCUT2D eigenvalue weighted by molar-refractivity contribution is 0.0500. The minimum absolute atomic E-state index is 0.0631. The summed E-state index contributed by atoms with van der Waals surface area (Å²) >= 11 is 0. The number of carbonyl (C=O) groups excluding carboxylic acids is 1. The van der Waals surface area contributed by atoms with E-state index in [0.717, 1.165) is 11.3 Å². The number of ether oxygens (including phenoxy) is 3. The van der Waals surface area contributed by atoms with Crippen LogP contribution in [0.25, 0.3) is 0 Å². The molecule has 35 heavy (non-hydrogen) atoms. The molecule has 1 amide bonds. The smallest absolute Gasteiger partial charge is 0.407 e. The number of nitrogens with one attached hydrogen (secondary N) is 2. The standard InChI is InChI=1S/C28H34N2O5/c1-28(2,3)35-27(32)30-22(17-18-31)19-29-23-13-7-8-14-24(23)34-26-16-10-9-15-25(26)33-20-21-11-5-4-6-12-21/h4-16,22,29,31H,17-20H2,1-3H3,(H,30,32)/t22-/m0/s1. The molecule has 0 aromatic heterocycles. The highest BCUT2D eigenvalue weighted by Gasteiger charge is 2.20. The molecule has 3 N–H and O–H groups in total. The largest absolute Gasteiger partial charge is 0.485 e. The Morgan fingerprint density at radius 3 is 2.20 bits per heavy atom. The average molecular weight is 479 g/mol. The molecule has 0 radical (unpaired) electrons. The highest BCUT2D eigenvalue weighted by atomic mass is 16.6. The normalized spacial score (nSPS) is 11.9. The first-order valence-electron chi connectivity index (χ1n) is 11.7. The molecule has 0 fully saturated rings. The van der Waals surface area contributed by atoms with Gasteiger partial charge in [-0.1, -0.05) is 54.6 Å². The molecular formula is C28H34N2O5. The maximum Gasteiger partial charge on any atom is 0.407 e. The van der Waals surface area contributed by atoms with Crippen molar-refractivity contribution in [2.75, 3.05) is 18.5 Å². The summed E-state index contributed by atoms with van der Waals surface area (Å²) in [5.41, 5.74) is 1.22. The van der Waals surface area contributed by atoms with Crippen molar-refractivity contribution in [1.29, 1.82) is 0 Å². The van der Waals surface area contributed by atoms with Crippen LogP contribution >= 0.6 is 0 Å². The van der Waals surface area contributed by atoms with Gasteiger partial charge in [0, 0.05) is 13.2 Å². The van der Waals surface area contributed by atoms with Gasteiger partial charge in [-0.25, -0.2) is 4.79 Å². The summed E-state index contributed by atoms with van der Waals surface area (Å²) in [6.07, 6.45) is -0.141. The Morgan fingerprint density at radius 2 is 1.51 bits per heavy atom. The van der Waals surface area contributed by atoms with Crippen molar-refractivity contribution >= 4 is 11.8 Å². The first kappa shape index (κ1) is 25.9. The van der Waals surface area contributed by atoms with E-state index in [0.29, 0.717) is 36.8 Å². The van der Waals surface area contributed by atoms with Crippen LogP contribution in [0.15, 0.2) is 78.9 Å². The number of hydrogen-bond donors (Lipinski definition) is 3. The third-order valence-corrected chi connectivity index (χ3v) is 4.93. The monoisotopic (exact) mass is 478 g/mol. The SMILES string of the molecule is CC(C)(C)OC(=O)N[C@@H](CCO)CNc1ccccc1Oc1ccccc1OCc1ccccc1. The quantitative estimate of drug-likeness (QED) is 0.325. The van der Waals surface area contributed by atoms with Crippen LogP contribution in [0.2, 0.25) is 0 Å². The lowest BCUT2D eigenvalue weighted by atomic mass is 10.2. The number of rotatable bonds is 11. The van der Waals surface area contributed by atoms with Crippen LogP contribution in [0.3, 0.4) is 0 Å². The number of aliphatic hydroxyl groups is 1. The molecule has 7 nitrogen and oxygen atoms in total. The van der Waals surface area contributed by atoms with Crippen LogP contribution in [0.1, 0.15) is 32.8 Å². The average Bonchev–Trinajstić information content (AvgIpc) is 2.82. The Morgan fingerprint density at radius 1 is 0.886 bits per heavy atom. The van der Waals surface area contributed by atoms with Crippen LogP contribution in [-0.2, 0) is 11.3 Å². The zero-order valence-electron chi connectivity index (χ0n) is 20.5. The van der Waals surface area contributed by atoms with E-state index < -0.39 is 11.7 Å². The zero-order chi connectivity index (χ0) is 25.1. The number of amides is 1. The molecule has 0 aliphatic carbocycles. The molecule has 0 bridgehead atoms. The molecule has 3 aromatic rings. The lowest BCUT2D eigenvalue weighted by Gasteiger charge is -2.24. The van der Waals surface area contributed by atoms with Crippen LogP contribution in [-0.4, -0.2) is 36.0 Å². The van der Waals surface area contributed by atoms with Gasteiger partial charge in [0.2, 0.25) is 0 Å². The van der Waals surface area contributed by atoms with Gasteiger partial charge in [0.25, 0.3) is 0 Å². The van der Waals surface area contributed by atoms with Gasteiger partial charge in [0.15, 0.2) is 17.2 Å². The van der Waals surface area contributed by atoms with Gasteiger partial charge in [0.1, 0.15) is 12.2 Å². The molecule has 0 saturated carbocycles. The highest BCUT2D eigenvalue weighted by molar-refractivity contribution is 5.68. The fourth-order valence-corrected chi connectivity index (χ4v) is 3.30. The molecule has 1 atom stereocenters. The predicted octanol–water partition coefficient (Wildman–Crippen LogP) is 5.75. The topological polar surface area (TPSA) is 89.1 Å². The van der Waals surface area contributed by atoms with Crippen molar-refractivity contribution in [1.82, 2.24) is 5.32 Å². The number of carbonyl (C=O) groups is 1. The molecule has 0 aliphatic heterocycles. The van der Waals surface area contributed by atoms with Crippen molar-refractivity contribution in [2.45, 2.75) is 45.4 Å². The van der Waals surface area contributed by atoms with Crippen LogP contribution < -0.4 is 20.1 Å². The first-order chi connectivity index (χ1) is 16.8. The Kier molecular flexibility index (Phi) is 9.38. The number of alkyl carbamates (subject to hydrolysis) is 1. The number of anilines is 1. The van der Waals surface area contributed by atoms with Crippen molar-refractivity contribution in [3.05, 3.63) is 84.4 Å². The number of aliphatic hydroxyl groups excluding tert-OH is 1. The first-order valence-corrected chi connectivity index (χ1v) is 11.7. The van der Waals surface area contributed by atoms with E-state index in [1.807, 2.05) is 78.9 Å². The second-order valence-electron chi connectivity index (χ2n) is 9.06. The van der Waals surface area contributed by atoms with Gasteiger partial charge in [-0.05, 0) is 57.0 Å². The summed E-state index contributed by atoms with van der Waals surface area (Å²) in [6, 6.07) is 24.7. The summed E-state index contributed by atoms with van der Waals surface area (Å²) in [6.45, 7) is 6.17. The second-order valence-corrected chi connectivity index (χ2v) is 9.06. The van der Waals surface area contributed by atoms with Crippen molar-refractivity contribution in [3.63, 3.8) is 0 Å². The number of para-hydroxylation sites is 4. The maximum absolute atomic E-state index is 12.2. The van der Waals surface area contributed by atoms with E-state index >= 15 is 0 Å². The minimum atomic E-state index is -0.600. The molecule has 3 aromatic carbocycles. The van der Waals surface area contributed by atoms with E-state index in [1.165, 1.54) is 0 Å². The van der Waals surface area contributed by atoms with Gasteiger partial charge < -0.3 is 30.0 Å². The van der Waals surface area contributed by atoms with E-state index in [1.54, 1.807) is 20.8 Å².